The highest BCUT2D eigenvalue weighted by Gasteiger charge is 2.16. The van der Waals surface area contributed by atoms with Gasteiger partial charge in [0.25, 0.3) is 0 Å². The van der Waals surface area contributed by atoms with E-state index >= 15 is 0 Å². The Morgan fingerprint density at radius 1 is 1.10 bits per heavy atom. The molecule has 1 heterocycles. The van der Waals surface area contributed by atoms with Crippen LogP contribution in [0, 0.1) is 0 Å². The van der Waals surface area contributed by atoms with E-state index in [1.165, 1.54) is 16.7 Å². The monoisotopic (exact) mass is 290 g/mol. The number of nitrogens with zero attached hydrogens (tertiary/aromatic N) is 1. The summed E-state index contributed by atoms with van der Waals surface area (Å²) in [6.07, 6.45) is 1.04. The molecule has 3 nitrogen and oxygen atoms in total. The number of phenols is 1. The second kappa shape index (κ2) is 6.16. The number of hydrogen-bond donors (Lipinski definition) is 2. The molecule has 2 aromatic rings. The lowest BCUT2D eigenvalue weighted by Crippen LogP contribution is -2.29. The molecule has 0 amide bonds. The molecule has 3 rings (SSSR count). The lowest BCUT2D eigenvalue weighted by molar-refractivity contribution is 0.245. The number of aromatic hydroxyl groups is 1. The third kappa shape index (κ3) is 3.24. The van der Waals surface area contributed by atoms with Gasteiger partial charge in [-0.3, -0.25) is 4.90 Å². The Balaban J connectivity index is 0.00000147. The summed E-state index contributed by atoms with van der Waals surface area (Å²) in [6, 6.07) is 13.7. The van der Waals surface area contributed by atoms with Gasteiger partial charge in [-0.2, -0.15) is 0 Å². The molecule has 0 unspecified atom stereocenters. The molecular weight excluding hydrogens is 272 g/mol. The predicted molar refractivity (Wildman–Crippen MR) is 84.0 cm³/mol. The van der Waals surface area contributed by atoms with Crippen LogP contribution in [0.4, 0.5) is 5.69 Å². The van der Waals surface area contributed by atoms with Crippen LogP contribution in [0.5, 0.6) is 5.75 Å². The smallest absolute Gasteiger partial charge is 0.115 e. The van der Waals surface area contributed by atoms with Gasteiger partial charge in [-0.05, 0) is 47.4 Å². The third-order valence-electron chi connectivity index (χ3n) is 3.64. The van der Waals surface area contributed by atoms with E-state index in [2.05, 4.69) is 11.0 Å². The lowest BCUT2D eigenvalue weighted by atomic mass is 9.99. The van der Waals surface area contributed by atoms with Gasteiger partial charge in [0.1, 0.15) is 5.75 Å². The van der Waals surface area contributed by atoms with E-state index in [1.54, 1.807) is 6.07 Å². The van der Waals surface area contributed by atoms with Crippen molar-refractivity contribution >= 4 is 18.1 Å². The van der Waals surface area contributed by atoms with Crippen LogP contribution in [0.15, 0.2) is 42.5 Å². The zero-order valence-electron chi connectivity index (χ0n) is 11.2. The third-order valence-corrected chi connectivity index (χ3v) is 3.64. The number of anilines is 1. The minimum absolute atomic E-state index is 0. The van der Waals surface area contributed by atoms with Gasteiger partial charge in [-0.15, -0.1) is 12.4 Å². The van der Waals surface area contributed by atoms with Crippen molar-refractivity contribution in [3.63, 3.8) is 0 Å². The highest BCUT2D eigenvalue weighted by atomic mass is 35.5. The fourth-order valence-electron chi connectivity index (χ4n) is 2.69. The Kier molecular flexibility index (Phi) is 4.53. The van der Waals surface area contributed by atoms with E-state index in [9.17, 15) is 5.11 Å². The summed E-state index contributed by atoms with van der Waals surface area (Å²) < 4.78 is 0. The molecular formula is C16H19ClN2O. The molecule has 0 saturated heterocycles. The van der Waals surface area contributed by atoms with Crippen molar-refractivity contribution in [2.24, 2.45) is 0 Å². The predicted octanol–water partition coefficient (Wildman–Crippen LogP) is 2.95. The maximum atomic E-state index is 9.57. The number of fused-ring (bicyclic) bond motifs is 1. The van der Waals surface area contributed by atoms with Crippen LogP contribution in [0.1, 0.15) is 16.7 Å². The second-order valence-corrected chi connectivity index (χ2v) is 5.16. The summed E-state index contributed by atoms with van der Waals surface area (Å²) in [7, 11) is 0. The number of nitrogen functional groups attached to an aromatic ring is 1. The first-order valence-corrected chi connectivity index (χ1v) is 6.58. The van der Waals surface area contributed by atoms with Gasteiger partial charge < -0.3 is 10.8 Å². The minimum Gasteiger partial charge on any atom is -0.508 e. The first kappa shape index (κ1) is 14.7. The first-order chi connectivity index (χ1) is 9.20. The molecule has 1 aliphatic heterocycles. The lowest BCUT2D eigenvalue weighted by Gasteiger charge is -2.28. The van der Waals surface area contributed by atoms with E-state index in [0.29, 0.717) is 5.75 Å². The van der Waals surface area contributed by atoms with Crippen molar-refractivity contribution < 1.29 is 5.11 Å². The van der Waals surface area contributed by atoms with Crippen molar-refractivity contribution in [1.82, 2.24) is 4.90 Å². The van der Waals surface area contributed by atoms with Gasteiger partial charge >= 0.3 is 0 Å². The average Bonchev–Trinajstić information content (AvgIpc) is 2.38. The summed E-state index contributed by atoms with van der Waals surface area (Å²) in [5.74, 6) is 0.351. The first-order valence-electron chi connectivity index (χ1n) is 6.58. The molecule has 0 atom stereocenters. The quantitative estimate of drug-likeness (QED) is 0.836. The molecule has 4 heteroatoms. The fourth-order valence-corrected chi connectivity index (χ4v) is 2.69. The highest BCUT2D eigenvalue weighted by molar-refractivity contribution is 5.85. The van der Waals surface area contributed by atoms with Crippen molar-refractivity contribution in [1.29, 1.82) is 0 Å². The van der Waals surface area contributed by atoms with Crippen LogP contribution in [-0.4, -0.2) is 16.6 Å². The maximum Gasteiger partial charge on any atom is 0.115 e. The van der Waals surface area contributed by atoms with Crippen molar-refractivity contribution in [2.45, 2.75) is 19.5 Å². The highest BCUT2D eigenvalue weighted by Crippen LogP contribution is 2.24. The van der Waals surface area contributed by atoms with Crippen LogP contribution in [0.3, 0.4) is 0 Å². The Labute approximate surface area is 125 Å². The van der Waals surface area contributed by atoms with Crippen molar-refractivity contribution in [2.75, 3.05) is 12.3 Å². The molecule has 0 aromatic heterocycles. The second-order valence-electron chi connectivity index (χ2n) is 5.16. The summed E-state index contributed by atoms with van der Waals surface area (Å²) in [5.41, 5.74) is 10.4. The van der Waals surface area contributed by atoms with Crippen molar-refractivity contribution in [3.05, 3.63) is 59.2 Å². The molecule has 0 aliphatic carbocycles. The molecule has 106 valence electrons. The Hall–Kier alpha value is -1.71. The number of halogens is 1. The van der Waals surface area contributed by atoms with E-state index in [1.807, 2.05) is 30.3 Å². The van der Waals surface area contributed by atoms with Crippen LogP contribution in [-0.2, 0) is 19.5 Å². The molecule has 3 N–H and O–H groups in total. The van der Waals surface area contributed by atoms with Crippen LogP contribution < -0.4 is 5.73 Å². The molecule has 2 aromatic carbocycles. The van der Waals surface area contributed by atoms with Gasteiger partial charge in [0.05, 0.1) is 0 Å². The summed E-state index contributed by atoms with van der Waals surface area (Å²) in [4.78, 5) is 2.39. The van der Waals surface area contributed by atoms with Gasteiger partial charge in [0, 0.05) is 25.3 Å². The number of nitrogens with two attached hydrogens (primary N) is 1. The minimum atomic E-state index is 0. The van der Waals surface area contributed by atoms with E-state index in [-0.39, 0.29) is 12.4 Å². The number of hydrogen-bond acceptors (Lipinski definition) is 3. The average molecular weight is 291 g/mol. The number of benzene rings is 2. The van der Waals surface area contributed by atoms with E-state index < -0.39 is 0 Å². The van der Waals surface area contributed by atoms with Gasteiger partial charge in [-0.25, -0.2) is 0 Å². The van der Waals surface area contributed by atoms with Gasteiger partial charge in [0.15, 0.2) is 0 Å². The number of rotatable bonds is 2. The molecule has 1 aliphatic rings. The number of phenolic OH excluding ortho intramolecular Hbond substituents is 1. The van der Waals surface area contributed by atoms with Crippen LogP contribution in [0.25, 0.3) is 0 Å². The van der Waals surface area contributed by atoms with Gasteiger partial charge in [-0.1, -0.05) is 18.2 Å². The molecule has 0 saturated carbocycles. The maximum absolute atomic E-state index is 9.57. The van der Waals surface area contributed by atoms with Gasteiger partial charge in [0.2, 0.25) is 0 Å². The summed E-state index contributed by atoms with van der Waals surface area (Å²) >= 11 is 0. The largest absolute Gasteiger partial charge is 0.508 e. The van der Waals surface area contributed by atoms with Crippen molar-refractivity contribution in [3.8, 4) is 5.75 Å². The molecule has 20 heavy (non-hydrogen) atoms. The fraction of sp³-hybridized carbons (Fsp3) is 0.250. The standard InChI is InChI=1S/C16H18N2O.ClH/c17-15-3-1-2-12(8-15)10-18-7-6-13-4-5-16(19)9-14(13)11-18;/h1-5,8-9,19H,6-7,10-11,17H2;1H. The Bertz CT molecular complexity index is 601. The zero-order valence-corrected chi connectivity index (χ0v) is 12.1. The Morgan fingerprint density at radius 2 is 1.95 bits per heavy atom. The molecule has 0 spiro atoms. The van der Waals surface area contributed by atoms with Crippen LogP contribution >= 0.6 is 12.4 Å². The summed E-state index contributed by atoms with van der Waals surface area (Å²) in [5, 5.41) is 9.57. The normalized spacial score (nSPS) is 14.4. The van der Waals surface area contributed by atoms with Crippen LogP contribution in [0.2, 0.25) is 0 Å². The van der Waals surface area contributed by atoms with E-state index in [0.717, 1.165) is 31.7 Å². The molecule has 0 bridgehead atoms. The Morgan fingerprint density at radius 3 is 2.75 bits per heavy atom. The SMILES string of the molecule is Cl.Nc1cccc(CN2CCc3ccc(O)cc3C2)c1. The van der Waals surface area contributed by atoms with E-state index in [4.69, 9.17) is 5.73 Å². The molecule has 0 radical (unpaired) electrons. The zero-order chi connectivity index (χ0) is 13.2. The summed E-state index contributed by atoms with van der Waals surface area (Å²) in [6.45, 7) is 2.84. The molecule has 0 fully saturated rings. The topological polar surface area (TPSA) is 49.5 Å².